The van der Waals surface area contributed by atoms with Gasteiger partial charge >= 0.3 is 0 Å². The number of tetrazole rings is 1. The number of benzene rings is 1. The summed E-state index contributed by atoms with van der Waals surface area (Å²) in [6.07, 6.45) is 0. The Morgan fingerprint density at radius 3 is 2.56 bits per heavy atom. The molecule has 0 fully saturated rings. The molecular weight excluding hydrogens is 252 g/mol. The van der Waals surface area contributed by atoms with E-state index in [2.05, 4.69) is 15.5 Å². The average Bonchev–Trinajstić information content (AvgIpc) is 2.63. The summed E-state index contributed by atoms with van der Waals surface area (Å²) >= 11 is 0. The van der Waals surface area contributed by atoms with Crippen molar-refractivity contribution in [2.45, 2.75) is 11.8 Å². The molecule has 0 atom stereocenters. The van der Waals surface area contributed by atoms with Gasteiger partial charge in [-0.3, -0.25) is 0 Å². The molecule has 1 aromatic heterocycles. The molecule has 0 amide bonds. The Balaban J connectivity index is 2.72. The van der Waals surface area contributed by atoms with Gasteiger partial charge < -0.3 is 0 Å². The largest absolute Gasteiger partial charge is 0.263 e. The molecule has 0 radical (unpaired) electrons. The highest BCUT2D eigenvalue weighted by molar-refractivity contribution is 8.13. The minimum absolute atomic E-state index is 0.0212. The van der Waals surface area contributed by atoms with Gasteiger partial charge in [0.2, 0.25) is 0 Å². The van der Waals surface area contributed by atoms with Crippen molar-refractivity contribution < 1.29 is 8.42 Å². The van der Waals surface area contributed by atoms with Crippen LogP contribution in [0, 0.1) is 6.92 Å². The van der Waals surface area contributed by atoms with Gasteiger partial charge in [-0.15, -0.1) is 5.10 Å². The lowest BCUT2D eigenvalue weighted by molar-refractivity contribution is 0.608. The zero-order valence-corrected chi connectivity index (χ0v) is 9.77. The highest BCUT2D eigenvalue weighted by Crippen LogP contribution is 2.22. The summed E-state index contributed by atoms with van der Waals surface area (Å²) in [6, 6.07) is 6.25. The lowest BCUT2D eigenvalue weighted by Crippen LogP contribution is -2.05. The summed E-state index contributed by atoms with van der Waals surface area (Å²) in [4.78, 5) is -0.0212. The van der Waals surface area contributed by atoms with Crippen molar-refractivity contribution in [2.75, 3.05) is 0 Å². The molecule has 0 aliphatic heterocycles. The molecule has 16 heavy (non-hydrogen) atoms. The molecule has 0 saturated carbocycles. The number of hydrogen-bond acceptors (Lipinski definition) is 5. The van der Waals surface area contributed by atoms with Gasteiger partial charge in [-0.25, -0.2) is 8.42 Å². The van der Waals surface area contributed by atoms with Crippen molar-refractivity contribution in [3.05, 3.63) is 30.1 Å². The molecule has 2 aromatic rings. The average molecular weight is 259 g/mol. The van der Waals surface area contributed by atoms with Crippen molar-refractivity contribution >= 4 is 19.7 Å². The zero-order valence-electron chi connectivity index (χ0n) is 8.20. The van der Waals surface area contributed by atoms with Crippen LogP contribution in [-0.4, -0.2) is 28.6 Å². The molecule has 1 aromatic carbocycles. The van der Waals surface area contributed by atoms with Crippen LogP contribution in [0.15, 0.2) is 29.2 Å². The van der Waals surface area contributed by atoms with E-state index in [4.69, 9.17) is 10.7 Å². The fourth-order valence-corrected chi connectivity index (χ4v) is 2.33. The minimum Gasteiger partial charge on any atom is -0.207 e. The van der Waals surface area contributed by atoms with Crippen molar-refractivity contribution in [3.8, 4) is 5.69 Å². The molecule has 0 aliphatic rings. The second kappa shape index (κ2) is 3.84. The molecule has 0 saturated heterocycles. The molecule has 0 aliphatic carbocycles. The molecule has 84 valence electrons. The summed E-state index contributed by atoms with van der Waals surface area (Å²) in [6.45, 7) is 1.66. The maximum atomic E-state index is 11.3. The maximum absolute atomic E-state index is 11.3. The SMILES string of the molecule is Cc1nnnn1-c1ccccc1S(=O)(=O)Cl. The summed E-state index contributed by atoms with van der Waals surface area (Å²) in [5, 5.41) is 10.8. The Kier molecular flexibility index (Phi) is 2.64. The van der Waals surface area contributed by atoms with Gasteiger partial charge in [0.25, 0.3) is 9.05 Å². The number of nitrogens with zero attached hydrogens (tertiary/aromatic N) is 4. The van der Waals surface area contributed by atoms with E-state index in [1.165, 1.54) is 10.7 Å². The van der Waals surface area contributed by atoms with Gasteiger partial charge in [-0.2, -0.15) is 4.68 Å². The number of aryl methyl sites for hydroxylation is 1. The fraction of sp³-hybridized carbons (Fsp3) is 0.125. The molecule has 0 bridgehead atoms. The Bertz CT molecular complexity index is 622. The maximum Gasteiger partial charge on any atom is 0.263 e. The van der Waals surface area contributed by atoms with Gasteiger partial charge in [0.1, 0.15) is 4.90 Å². The molecule has 0 unspecified atom stereocenters. The molecule has 2 rings (SSSR count). The van der Waals surface area contributed by atoms with Crippen LogP contribution in [0.1, 0.15) is 5.82 Å². The van der Waals surface area contributed by atoms with E-state index in [1.807, 2.05) is 0 Å². The third kappa shape index (κ3) is 1.91. The van der Waals surface area contributed by atoms with E-state index in [-0.39, 0.29) is 4.90 Å². The summed E-state index contributed by atoms with van der Waals surface area (Å²) < 4.78 is 24.0. The number of aromatic nitrogens is 4. The molecule has 8 heteroatoms. The predicted octanol–water partition coefficient (Wildman–Crippen LogP) is 0.898. The molecule has 6 nitrogen and oxygen atoms in total. The van der Waals surface area contributed by atoms with E-state index in [0.717, 1.165) is 0 Å². The van der Waals surface area contributed by atoms with Gasteiger partial charge in [-0.1, -0.05) is 12.1 Å². The number of rotatable bonds is 2. The van der Waals surface area contributed by atoms with Crippen LogP contribution >= 0.6 is 10.7 Å². The number of halogens is 1. The number of hydrogen-bond donors (Lipinski definition) is 0. The van der Waals surface area contributed by atoms with Gasteiger partial charge in [0.15, 0.2) is 5.82 Å². The summed E-state index contributed by atoms with van der Waals surface area (Å²) in [7, 11) is 1.50. The first kappa shape index (κ1) is 11.0. The first-order valence-electron chi connectivity index (χ1n) is 4.29. The molecule has 0 spiro atoms. The third-order valence-corrected chi connectivity index (χ3v) is 3.35. The third-order valence-electron chi connectivity index (χ3n) is 1.98. The lowest BCUT2D eigenvalue weighted by Gasteiger charge is -2.05. The van der Waals surface area contributed by atoms with Crippen molar-refractivity contribution in [3.63, 3.8) is 0 Å². The normalized spacial score (nSPS) is 11.6. The van der Waals surface area contributed by atoms with E-state index >= 15 is 0 Å². The van der Waals surface area contributed by atoms with E-state index in [1.54, 1.807) is 25.1 Å². The first-order valence-corrected chi connectivity index (χ1v) is 6.60. The Labute approximate surface area is 96.3 Å². The smallest absolute Gasteiger partial charge is 0.207 e. The van der Waals surface area contributed by atoms with Crippen LogP contribution < -0.4 is 0 Å². The topological polar surface area (TPSA) is 77.7 Å². The van der Waals surface area contributed by atoms with Crippen LogP contribution in [-0.2, 0) is 9.05 Å². The molecular formula is C8H7ClN4O2S. The van der Waals surface area contributed by atoms with Gasteiger partial charge in [0, 0.05) is 10.7 Å². The van der Waals surface area contributed by atoms with Crippen LogP contribution in [0.2, 0.25) is 0 Å². The van der Waals surface area contributed by atoms with E-state index in [9.17, 15) is 8.42 Å². The Morgan fingerprint density at radius 1 is 1.31 bits per heavy atom. The summed E-state index contributed by atoms with van der Waals surface area (Å²) in [5.74, 6) is 0.479. The highest BCUT2D eigenvalue weighted by Gasteiger charge is 2.18. The van der Waals surface area contributed by atoms with Crippen LogP contribution in [0.3, 0.4) is 0 Å². The van der Waals surface area contributed by atoms with E-state index < -0.39 is 9.05 Å². The van der Waals surface area contributed by atoms with Crippen LogP contribution in [0.25, 0.3) is 5.69 Å². The van der Waals surface area contributed by atoms with Gasteiger partial charge in [-0.05, 0) is 29.5 Å². The summed E-state index contributed by atoms with van der Waals surface area (Å²) in [5.41, 5.74) is 0.333. The lowest BCUT2D eigenvalue weighted by atomic mass is 10.3. The number of para-hydroxylation sites is 1. The predicted molar refractivity (Wildman–Crippen MR) is 56.9 cm³/mol. The second-order valence-electron chi connectivity index (χ2n) is 3.04. The Morgan fingerprint density at radius 2 is 2.00 bits per heavy atom. The second-order valence-corrected chi connectivity index (χ2v) is 5.58. The fourth-order valence-electron chi connectivity index (χ4n) is 1.29. The van der Waals surface area contributed by atoms with Crippen molar-refractivity contribution in [1.82, 2.24) is 20.2 Å². The molecule has 1 heterocycles. The Hall–Kier alpha value is -1.47. The van der Waals surface area contributed by atoms with E-state index in [0.29, 0.717) is 11.5 Å². The minimum atomic E-state index is -3.82. The van der Waals surface area contributed by atoms with Crippen molar-refractivity contribution in [1.29, 1.82) is 0 Å². The zero-order chi connectivity index (χ0) is 11.8. The van der Waals surface area contributed by atoms with Gasteiger partial charge in [0.05, 0.1) is 5.69 Å². The monoisotopic (exact) mass is 258 g/mol. The van der Waals surface area contributed by atoms with Crippen LogP contribution in [0.4, 0.5) is 0 Å². The van der Waals surface area contributed by atoms with Crippen LogP contribution in [0.5, 0.6) is 0 Å². The molecule has 0 N–H and O–H groups in total. The van der Waals surface area contributed by atoms with Crippen molar-refractivity contribution in [2.24, 2.45) is 0 Å². The quantitative estimate of drug-likeness (QED) is 0.748. The standard InChI is InChI=1S/C8H7ClN4O2S/c1-6-10-11-12-13(6)7-4-2-3-5-8(7)16(9,14)15/h2-5H,1H3. The highest BCUT2D eigenvalue weighted by atomic mass is 35.7. The first-order chi connectivity index (χ1) is 7.50.